The average molecular weight is 393 g/mol. The van der Waals surface area contributed by atoms with Crippen molar-refractivity contribution < 1.29 is 19.8 Å². The molecule has 2 atom stereocenters. The summed E-state index contributed by atoms with van der Waals surface area (Å²) in [4.78, 5) is 25.0. The second kappa shape index (κ2) is 10.0. The van der Waals surface area contributed by atoms with Crippen LogP contribution in [-0.2, 0) is 17.6 Å². The van der Waals surface area contributed by atoms with E-state index in [9.17, 15) is 14.7 Å². The maximum Gasteiger partial charge on any atom is 0.335 e. The summed E-state index contributed by atoms with van der Waals surface area (Å²) in [6.07, 6.45) is 6.65. The molecule has 0 spiro atoms. The molecule has 1 aliphatic heterocycles. The Hall–Kier alpha value is -2.92. The average Bonchev–Trinajstić information content (AvgIpc) is 3.09. The van der Waals surface area contributed by atoms with E-state index in [2.05, 4.69) is 12.1 Å². The standard InChI is InChI=1S/C24H27NO4/c26-22(13-8-18-4-2-1-3-5-18)14-11-21-12-15-23(27)25(21)17-16-19-6-9-20(10-7-19)24(28)29/h1-7,9-11,14,21-22,26H,8,12-13,15-17H2,(H,28,29)/t21-,22-/m0/s1. The molecule has 0 unspecified atom stereocenters. The zero-order valence-corrected chi connectivity index (χ0v) is 16.4. The number of carbonyl (C=O) groups is 2. The number of aliphatic hydroxyl groups is 1. The van der Waals surface area contributed by atoms with Crippen molar-refractivity contribution in [3.05, 3.63) is 83.4 Å². The molecule has 5 nitrogen and oxygen atoms in total. The summed E-state index contributed by atoms with van der Waals surface area (Å²) in [5.74, 6) is -0.817. The molecule has 3 rings (SSSR count). The zero-order valence-electron chi connectivity index (χ0n) is 16.4. The molecule has 1 amide bonds. The van der Waals surface area contributed by atoms with Crippen molar-refractivity contribution in [1.29, 1.82) is 0 Å². The van der Waals surface area contributed by atoms with Gasteiger partial charge >= 0.3 is 5.97 Å². The van der Waals surface area contributed by atoms with Gasteiger partial charge in [0.15, 0.2) is 0 Å². The van der Waals surface area contributed by atoms with Gasteiger partial charge in [-0.3, -0.25) is 4.79 Å². The van der Waals surface area contributed by atoms with Crippen LogP contribution in [0.5, 0.6) is 0 Å². The first-order valence-electron chi connectivity index (χ1n) is 10.0. The molecule has 1 saturated heterocycles. The van der Waals surface area contributed by atoms with Crippen LogP contribution in [0.25, 0.3) is 0 Å². The van der Waals surface area contributed by atoms with Crippen molar-refractivity contribution >= 4 is 11.9 Å². The highest BCUT2D eigenvalue weighted by molar-refractivity contribution is 5.87. The molecule has 0 bridgehead atoms. The number of aryl methyl sites for hydroxylation is 1. The van der Waals surface area contributed by atoms with E-state index >= 15 is 0 Å². The zero-order chi connectivity index (χ0) is 20.6. The monoisotopic (exact) mass is 393 g/mol. The summed E-state index contributed by atoms with van der Waals surface area (Å²) in [7, 11) is 0. The summed E-state index contributed by atoms with van der Waals surface area (Å²) in [5.41, 5.74) is 2.46. The van der Waals surface area contributed by atoms with Crippen LogP contribution in [0, 0.1) is 0 Å². The highest BCUT2D eigenvalue weighted by Crippen LogP contribution is 2.21. The van der Waals surface area contributed by atoms with Gasteiger partial charge in [0, 0.05) is 13.0 Å². The Labute approximate surface area is 171 Å². The Bertz CT molecular complexity index is 845. The fraction of sp³-hybridized carbons (Fsp3) is 0.333. The molecule has 2 N–H and O–H groups in total. The number of likely N-dealkylation sites (tertiary alicyclic amines) is 1. The predicted molar refractivity (Wildman–Crippen MR) is 112 cm³/mol. The number of aromatic carboxylic acids is 1. The van der Waals surface area contributed by atoms with E-state index in [-0.39, 0.29) is 17.5 Å². The van der Waals surface area contributed by atoms with Gasteiger partial charge in [0.05, 0.1) is 17.7 Å². The Morgan fingerprint density at radius 3 is 2.45 bits per heavy atom. The second-order valence-corrected chi connectivity index (χ2v) is 7.42. The molecule has 0 saturated carbocycles. The van der Waals surface area contributed by atoms with E-state index in [4.69, 9.17) is 5.11 Å². The highest BCUT2D eigenvalue weighted by atomic mass is 16.4. The normalized spacial score (nSPS) is 17.8. The number of carbonyl (C=O) groups excluding carboxylic acids is 1. The Morgan fingerprint density at radius 2 is 1.76 bits per heavy atom. The van der Waals surface area contributed by atoms with Crippen molar-refractivity contribution in [2.45, 2.75) is 44.2 Å². The van der Waals surface area contributed by atoms with Crippen molar-refractivity contribution in [3.8, 4) is 0 Å². The van der Waals surface area contributed by atoms with Crippen LogP contribution < -0.4 is 0 Å². The molecule has 2 aromatic carbocycles. The van der Waals surface area contributed by atoms with E-state index in [1.807, 2.05) is 29.2 Å². The smallest absolute Gasteiger partial charge is 0.335 e. The number of benzene rings is 2. The lowest BCUT2D eigenvalue weighted by molar-refractivity contribution is -0.128. The molecule has 1 heterocycles. The number of carboxylic acid groups (broad SMARTS) is 1. The third kappa shape index (κ3) is 6.03. The maximum atomic E-state index is 12.3. The Morgan fingerprint density at radius 1 is 1.07 bits per heavy atom. The largest absolute Gasteiger partial charge is 0.478 e. The van der Waals surface area contributed by atoms with Gasteiger partial charge in [-0.2, -0.15) is 0 Å². The lowest BCUT2D eigenvalue weighted by Gasteiger charge is -2.23. The van der Waals surface area contributed by atoms with Crippen molar-refractivity contribution in [2.24, 2.45) is 0 Å². The quantitative estimate of drug-likeness (QED) is 0.640. The first kappa shape index (κ1) is 20.8. The summed E-state index contributed by atoms with van der Waals surface area (Å²) in [6, 6.07) is 16.8. The fourth-order valence-electron chi connectivity index (χ4n) is 3.62. The minimum atomic E-state index is -0.942. The summed E-state index contributed by atoms with van der Waals surface area (Å²) in [6.45, 7) is 0.584. The van der Waals surface area contributed by atoms with Crippen molar-refractivity contribution in [3.63, 3.8) is 0 Å². The van der Waals surface area contributed by atoms with Gasteiger partial charge in [-0.1, -0.05) is 54.6 Å². The van der Waals surface area contributed by atoms with Crippen LogP contribution in [0.3, 0.4) is 0 Å². The lowest BCUT2D eigenvalue weighted by atomic mass is 10.1. The van der Waals surface area contributed by atoms with Crippen molar-refractivity contribution in [2.75, 3.05) is 6.54 Å². The van der Waals surface area contributed by atoms with Crippen LogP contribution >= 0.6 is 0 Å². The molecule has 2 aromatic rings. The molecule has 0 aliphatic carbocycles. The summed E-state index contributed by atoms with van der Waals surface area (Å²) >= 11 is 0. The highest BCUT2D eigenvalue weighted by Gasteiger charge is 2.28. The number of aliphatic hydroxyl groups excluding tert-OH is 1. The number of carboxylic acids is 1. The Balaban J connectivity index is 1.51. The molecule has 0 radical (unpaired) electrons. The van der Waals surface area contributed by atoms with Gasteiger partial charge in [-0.05, 0) is 48.9 Å². The van der Waals surface area contributed by atoms with Crippen LogP contribution in [0.1, 0.15) is 40.7 Å². The molecule has 29 heavy (non-hydrogen) atoms. The van der Waals surface area contributed by atoms with Crippen LogP contribution in [0.4, 0.5) is 0 Å². The third-order valence-electron chi connectivity index (χ3n) is 5.34. The molecule has 152 valence electrons. The topological polar surface area (TPSA) is 77.8 Å². The molecular weight excluding hydrogens is 366 g/mol. The first-order chi connectivity index (χ1) is 14.0. The molecule has 0 aromatic heterocycles. The van der Waals surface area contributed by atoms with E-state index in [0.29, 0.717) is 25.8 Å². The first-order valence-corrected chi connectivity index (χ1v) is 10.0. The van der Waals surface area contributed by atoms with Gasteiger partial charge in [0.25, 0.3) is 0 Å². The Kier molecular flexibility index (Phi) is 7.19. The van der Waals surface area contributed by atoms with E-state index in [1.54, 1.807) is 30.3 Å². The second-order valence-electron chi connectivity index (χ2n) is 7.42. The van der Waals surface area contributed by atoms with E-state index < -0.39 is 12.1 Å². The van der Waals surface area contributed by atoms with Crippen LogP contribution in [-0.4, -0.2) is 45.7 Å². The number of nitrogens with zero attached hydrogens (tertiary/aromatic N) is 1. The SMILES string of the molecule is O=C(O)c1ccc(CCN2C(=O)CC[C@@H]2C=C[C@@H](O)CCc2ccccc2)cc1. The number of amides is 1. The number of rotatable bonds is 9. The molecule has 1 fully saturated rings. The minimum absolute atomic E-state index is 0.00664. The van der Waals surface area contributed by atoms with Crippen molar-refractivity contribution in [1.82, 2.24) is 4.90 Å². The lowest BCUT2D eigenvalue weighted by Crippen LogP contribution is -2.33. The number of hydrogen-bond donors (Lipinski definition) is 2. The number of hydrogen-bond acceptors (Lipinski definition) is 3. The van der Waals surface area contributed by atoms with Gasteiger partial charge in [0.1, 0.15) is 0 Å². The fourth-order valence-corrected chi connectivity index (χ4v) is 3.62. The third-order valence-corrected chi connectivity index (χ3v) is 5.34. The molecule has 5 heteroatoms. The van der Waals surface area contributed by atoms with E-state index in [0.717, 1.165) is 18.4 Å². The minimum Gasteiger partial charge on any atom is -0.478 e. The summed E-state index contributed by atoms with van der Waals surface area (Å²) < 4.78 is 0. The molecule has 1 aliphatic rings. The van der Waals surface area contributed by atoms with Gasteiger partial charge in [-0.15, -0.1) is 0 Å². The van der Waals surface area contributed by atoms with Crippen LogP contribution in [0.2, 0.25) is 0 Å². The van der Waals surface area contributed by atoms with Gasteiger partial charge in [-0.25, -0.2) is 4.79 Å². The van der Waals surface area contributed by atoms with Gasteiger partial charge < -0.3 is 15.1 Å². The van der Waals surface area contributed by atoms with Gasteiger partial charge in [0.2, 0.25) is 5.91 Å². The van der Waals surface area contributed by atoms with Crippen LogP contribution in [0.15, 0.2) is 66.7 Å². The predicted octanol–water partition coefficient (Wildman–Crippen LogP) is 3.47. The maximum absolute atomic E-state index is 12.3. The summed E-state index contributed by atoms with van der Waals surface area (Å²) in [5, 5.41) is 19.2. The molecular formula is C24H27NO4. The van der Waals surface area contributed by atoms with E-state index in [1.165, 1.54) is 5.56 Å².